The number of pyridine rings is 1. The Morgan fingerprint density at radius 3 is 2.68 bits per heavy atom. The number of carbonyl (C=O) groups is 1. The summed E-state index contributed by atoms with van der Waals surface area (Å²) in [6.07, 6.45) is 3.14. The van der Waals surface area contributed by atoms with E-state index in [0.717, 1.165) is 37.1 Å². The molecule has 3 aromatic rings. The van der Waals surface area contributed by atoms with Gasteiger partial charge in [-0.15, -0.1) is 0 Å². The van der Waals surface area contributed by atoms with Gasteiger partial charge in [0.15, 0.2) is 0 Å². The number of amides is 1. The molecule has 0 radical (unpaired) electrons. The smallest absolute Gasteiger partial charge is 0.252 e. The maximum atomic E-state index is 12.1. The lowest BCUT2D eigenvalue weighted by Crippen LogP contribution is -2.52. The lowest BCUT2D eigenvalue weighted by atomic mass is 10.0. The van der Waals surface area contributed by atoms with Gasteiger partial charge in [-0.25, -0.2) is 4.98 Å². The Morgan fingerprint density at radius 1 is 1.24 bits per heavy atom. The van der Waals surface area contributed by atoms with E-state index in [0.29, 0.717) is 24.2 Å². The first-order chi connectivity index (χ1) is 16.4. The number of piperazine rings is 1. The predicted molar refractivity (Wildman–Crippen MR) is 135 cm³/mol. The lowest BCUT2D eigenvalue weighted by Gasteiger charge is -2.39. The number of benzene rings is 1. The second-order valence-electron chi connectivity index (χ2n) is 8.80. The van der Waals surface area contributed by atoms with Crippen molar-refractivity contribution in [2.45, 2.75) is 45.9 Å². The Bertz CT molecular complexity index is 1240. The molecule has 1 fully saturated rings. The largest absolute Gasteiger partial charge is 0.348 e. The van der Waals surface area contributed by atoms with Gasteiger partial charge in [0.25, 0.3) is 5.56 Å². The quantitative estimate of drug-likeness (QED) is 0.545. The third kappa shape index (κ3) is 5.02. The monoisotopic (exact) mass is 460 g/mol. The molecule has 1 unspecified atom stereocenters. The first kappa shape index (κ1) is 23.6. The first-order valence-electron chi connectivity index (χ1n) is 11.8. The molecule has 1 aliphatic rings. The molecule has 1 amide bonds. The summed E-state index contributed by atoms with van der Waals surface area (Å²) in [6.45, 7) is 13.5. The first-order valence-corrected chi connectivity index (χ1v) is 11.8. The summed E-state index contributed by atoms with van der Waals surface area (Å²) in [4.78, 5) is 37.3. The molecule has 178 valence electrons. The van der Waals surface area contributed by atoms with Gasteiger partial charge in [0.2, 0.25) is 11.9 Å². The summed E-state index contributed by atoms with van der Waals surface area (Å²) in [6, 6.07) is 12.2. The summed E-state index contributed by atoms with van der Waals surface area (Å²) in [5.74, 6) is 0.503. The van der Waals surface area contributed by atoms with Crippen LogP contribution in [-0.4, -0.2) is 55.9 Å². The van der Waals surface area contributed by atoms with Crippen molar-refractivity contribution in [2.75, 3.05) is 25.0 Å². The average Bonchev–Trinajstić information content (AvgIpc) is 2.85. The molecule has 34 heavy (non-hydrogen) atoms. The van der Waals surface area contributed by atoms with Crippen molar-refractivity contribution in [3.05, 3.63) is 76.7 Å². The van der Waals surface area contributed by atoms with Crippen LogP contribution >= 0.6 is 0 Å². The van der Waals surface area contributed by atoms with Crippen molar-refractivity contribution in [1.29, 1.82) is 0 Å². The highest BCUT2D eigenvalue weighted by atomic mass is 16.2. The fraction of sp³-hybridized carbons (Fsp3) is 0.385. The van der Waals surface area contributed by atoms with E-state index in [1.54, 1.807) is 22.9 Å². The zero-order valence-corrected chi connectivity index (χ0v) is 20.1. The molecule has 1 aliphatic heterocycles. The number of anilines is 1. The Labute approximate surface area is 199 Å². The topological polar surface area (TPSA) is 83.4 Å². The van der Waals surface area contributed by atoms with Gasteiger partial charge in [0, 0.05) is 56.4 Å². The Kier molecular flexibility index (Phi) is 7.07. The van der Waals surface area contributed by atoms with E-state index < -0.39 is 0 Å². The number of rotatable bonds is 7. The van der Waals surface area contributed by atoms with Crippen LogP contribution < -0.4 is 10.9 Å². The number of aromatic nitrogens is 3. The summed E-state index contributed by atoms with van der Waals surface area (Å²) >= 11 is 0. The molecular weight excluding hydrogens is 428 g/mol. The molecule has 0 saturated carbocycles. The Morgan fingerprint density at radius 2 is 2.00 bits per heavy atom. The molecule has 0 aliphatic carbocycles. The molecule has 1 N–H and O–H groups in total. The summed E-state index contributed by atoms with van der Waals surface area (Å²) in [7, 11) is 0. The maximum Gasteiger partial charge on any atom is 0.252 e. The molecular formula is C26H32N6O2. The highest BCUT2D eigenvalue weighted by Crippen LogP contribution is 2.20. The van der Waals surface area contributed by atoms with Gasteiger partial charge >= 0.3 is 0 Å². The highest BCUT2D eigenvalue weighted by molar-refractivity contribution is 5.87. The molecule has 1 aromatic carbocycles. The molecule has 2 atom stereocenters. The molecule has 2 aromatic heterocycles. The average molecular weight is 461 g/mol. The van der Waals surface area contributed by atoms with Gasteiger partial charge in [0.05, 0.1) is 6.04 Å². The molecule has 8 heteroatoms. The summed E-state index contributed by atoms with van der Waals surface area (Å²) < 4.78 is 1.65. The summed E-state index contributed by atoms with van der Waals surface area (Å²) in [5.41, 5.74) is 2.94. The van der Waals surface area contributed by atoms with Crippen molar-refractivity contribution >= 4 is 22.9 Å². The minimum absolute atomic E-state index is 0.00407. The predicted octanol–water partition coefficient (Wildman–Crippen LogP) is 3.20. The Hall–Kier alpha value is -3.52. The molecule has 3 heterocycles. The van der Waals surface area contributed by atoms with E-state index in [4.69, 9.17) is 0 Å². The third-order valence-corrected chi connectivity index (χ3v) is 6.50. The molecule has 0 bridgehead atoms. The van der Waals surface area contributed by atoms with Crippen LogP contribution in [0.1, 0.15) is 37.9 Å². The van der Waals surface area contributed by atoms with Gasteiger partial charge in [-0.05, 0) is 44.0 Å². The third-order valence-electron chi connectivity index (χ3n) is 6.50. The van der Waals surface area contributed by atoms with Crippen LogP contribution in [0.4, 0.5) is 5.95 Å². The van der Waals surface area contributed by atoms with Crippen LogP contribution in [0.5, 0.6) is 0 Å². The molecule has 8 nitrogen and oxygen atoms in total. The Balaban J connectivity index is 1.41. The second kappa shape index (κ2) is 10.2. The standard InChI is InChI=1S/C26H32N6O2/c1-5-23(33)31-14-13-30(18(3)16-31)17-20-7-9-21(10-8-20)19(4)28-26-27-15-22-11-12-24(34)32(6-2)25(22)29-26/h5,7-12,15,18-19H,1,6,13-14,16-17H2,2-4H3,(H,27,28,29)/t18-,19?/m1/s1. The van der Waals surface area contributed by atoms with Crippen molar-refractivity contribution in [2.24, 2.45) is 0 Å². The van der Waals surface area contributed by atoms with E-state index in [9.17, 15) is 9.59 Å². The van der Waals surface area contributed by atoms with Gasteiger partial charge in [-0.3, -0.25) is 19.1 Å². The molecule has 4 rings (SSSR count). The van der Waals surface area contributed by atoms with E-state index in [1.807, 2.05) is 11.8 Å². The van der Waals surface area contributed by atoms with Crippen LogP contribution in [0.15, 0.2) is 60.0 Å². The zero-order valence-electron chi connectivity index (χ0n) is 20.1. The van der Waals surface area contributed by atoms with Crippen LogP contribution in [-0.2, 0) is 17.9 Å². The van der Waals surface area contributed by atoms with Gasteiger partial charge in [0.1, 0.15) is 5.65 Å². The van der Waals surface area contributed by atoms with E-state index in [1.165, 1.54) is 11.6 Å². The molecule has 1 saturated heterocycles. The minimum atomic E-state index is -0.0636. The number of hydrogen-bond acceptors (Lipinski definition) is 6. The van der Waals surface area contributed by atoms with Crippen LogP contribution in [0.25, 0.3) is 11.0 Å². The van der Waals surface area contributed by atoms with Gasteiger partial charge in [-0.1, -0.05) is 30.8 Å². The minimum Gasteiger partial charge on any atom is -0.348 e. The second-order valence-corrected chi connectivity index (χ2v) is 8.80. The highest BCUT2D eigenvalue weighted by Gasteiger charge is 2.25. The lowest BCUT2D eigenvalue weighted by molar-refractivity contribution is -0.128. The van der Waals surface area contributed by atoms with Crippen molar-refractivity contribution in [1.82, 2.24) is 24.3 Å². The van der Waals surface area contributed by atoms with Crippen LogP contribution in [0, 0.1) is 0 Å². The summed E-state index contributed by atoms with van der Waals surface area (Å²) in [5, 5.41) is 4.20. The number of carbonyl (C=O) groups excluding carboxylic acids is 1. The van der Waals surface area contributed by atoms with Crippen molar-refractivity contribution < 1.29 is 4.79 Å². The number of hydrogen-bond donors (Lipinski definition) is 1. The van der Waals surface area contributed by atoms with E-state index in [2.05, 4.69) is 64.9 Å². The zero-order chi connectivity index (χ0) is 24.2. The fourth-order valence-corrected chi connectivity index (χ4v) is 4.43. The number of fused-ring (bicyclic) bond motifs is 1. The van der Waals surface area contributed by atoms with Crippen LogP contribution in [0.2, 0.25) is 0 Å². The van der Waals surface area contributed by atoms with E-state index in [-0.39, 0.29) is 17.5 Å². The SMILES string of the molecule is C=CC(=O)N1CCN(Cc2ccc(C(C)Nc3ncc4ccc(=O)n(CC)c4n3)cc2)[C@H](C)C1. The van der Waals surface area contributed by atoms with Gasteiger partial charge < -0.3 is 10.2 Å². The van der Waals surface area contributed by atoms with Gasteiger partial charge in [-0.2, -0.15) is 4.98 Å². The normalized spacial score (nSPS) is 17.5. The van der Waals surface area contributed by atoms with E-state index >= 15 is 0 Å². The maximum absolute atomic E-state index is 12.1. The molecule has 0 spiro atoms. The van der Waals surface area contributed by atoms with Crippen molar-refractivity contribution in [3.8, 4) is 0 Å². The fourth-order valence-electron chi connectivity index (χ4n) is 4.43. The van der Waals surface area contributed by atoms with Crippen LogP contribution in [0.3, 0.4) is 0 Å². The van der Waals surface area contributed by atoms with Crippen molar-refractivity contribution in [3.63, 3.8) is 0 Å². The number of nitrogens with zero attached hydrogens (tertiary/aromatic N) is 5. The number of nitrogens with one attached hydrogen (secondary N) is 1. The number of aryl methyl sites for hydroxylation is 1.